The van der Waals surface area contributed by atoms with Crippen LogP contribution >= 0.6 is 0 Å². The molecule has 0 saturated heterocycles. The number of carbonyl (C=O) groups is 1. The number of benzene rings is 1. The van der Waals surface area contributed by atoms with Crippen LogP contribution in [0.2, 0.25) is 0 Å². The SMILES string of the molecule is C=C(C[C@@H](OCOC)c1ccccc1)C(=O)OCC. The fourth-order valence-corrected chi connectivity index (χ4v) is 1.63. The lowest BCUT2D eigenvalue weighted by molar-refractivity contribution is -0.139. The first-order chi connectivity index (χ1) is 9.19. The summed E-state index contributed by atoms with van der Waals surface area (Å²) in [5.74, 6) is -0.385. The smallest absolute Gasteiger partial charge is 0.333 e. The van der Waals surface area contributed by atoms with Crippen LogP contribution in [0.5, 0.6) is 0 Å². The summed E-state index contributed by atoms with van der Waals surface area (Å²) in [7, 11) is 1.56. The van der Waals surface area contributed by atoms with Crippen molar-refractivity contribution in [3.63, 3.8) is 0 Å². The number of rotatable bonds is 8. The second kappa shape index (κ2) is 8.45. The van der Waals surface area contributed by atoms with Gasteiger partial charge in [0.05, 0.1) is 12.7 Å². The van der Waals surface area contributed by atoms with Gasteiger partial charge in [0.2, 0.25) is 0 Å². The Labute approximate surface area is 114 Å². The van der Waals surface area contributed by atoms with E-state index in [0.717, 1.165) is 5.56 Å². The highest BCUT2D eigenvalue weighted by atomic mass is 16.7. The minimum absolute atomic E-state index is 0.162. The van der Waals surface area contributed by atoms with E-state index in [1.165, 1.54) is 0 Å². The quantitative estimate of drug-likeness (QED) is 0.411. The van der Waals surface area contributed by atoms with E-state index in [1.54, 1.807) is 14.0 Å². The molecule has 0 amide bonds. The average molecular weight is 264 g/mol. The molecule has 1 aromatic carbocycles. The summed E-state index contributed by atoms with van der Waals surface area (Å²) in [5, 5.41) is 0. The highest BCUT2D eigenvalue weighted by molar-refractivity contribution is 5.87. The van der Waals surface area contributed by atoms with Gasteiger partial charge in [0, 0.05) is 19.1 Å². The van der Waals surface area contributed by atoms with E-state index < -0.39 is 0 Å². The molecule has 4 nitrogen and oxygen atoms in total. The lowest BCUT2D eigenvalue weighted by Gasteiger charge is -2.18. The van der Waals surface area contributed by atoms with Crippen LogP contribution in [-0.4, -0.2) is 26.5 Å². The first kappa shape index (κ1) is 15.4. The molecule has 0 heterocycles. The van der Waals surface area contributed by atoms with Gasteiger partial charge in [0.1, 0.15) is 6.79 Å². The zero-order valence-corrected chi connectivity index (χ0v) is 11.4. The summed E-state index contributed by atoms with van der Waals surface area (Å²) in [6.07, 6.45) is 0.115. The molecule has 4 heteroatoms. The van der Waals surface area contributed by atoms with Gasteiger partial charge < -0.3 is 14.2 Å². The van der Waals surface area contributed by atoms with Crippen LogP contribution in [0, 0.1) is 0 Å². The molecular weight excluding hydrogens is 244 g/mol. The van der Waals surface area contributed by atoms with Gasteiger partial charge >= 0.3 is 5.97 Å². The molecule has 0 aliphatic heterocycles. The zero-order chi connectivity index (χ0) is 14.1. The molecular formula is C15H20O4. The second-order valence-electron chi connectivity index (χ2n) is 4.00. The van der Waals surface area contributed by atoms with Crippen molar-refractivity contribution in [2.45, 2.75) is 19.4 Å². The molecule has 0 unspecified atom stereocenters. The Balaban J connectivity index is 2.70. The molecule has 104 valence electrons. The van der Waals surface area contributed by atoms with Crippen LogP contribution in [0.4, 0.5) is 0 Å². The molecule has 0 aliphatic carbocycles. The first-order valence-corrected chi connectivity index (χ1v) is 6.19. The third-order valence-corrected chi connectivity index (χ3v) is 2.55. The minimum atomic E-state index is -0.385. The van der Waals surface area contributed by atoms with Crippen molar-refractivity contribution in [2.24, 2.45) is 0 Å². The van der Waals surface area contributed by atoms with E-state index in [0.29, 0.717) is 18.6 Å². The zero-order valence-electron chi connectivity index (χ0n) is 11.4. The summed E-state index contributed by atoms with van der Waals surface area (Å²) < 4.78 is 15.4. The molecule has 0 saturated carbocycles. The Kier molecular flexibility index (Phi) is 6.85. The molecule has 0 radical (unpaired) electrons. The number of hydrogen-bond acceptors (Lipinski definition) is 4. The third kappa shape index (κ3) is 5.24. The normalized spacial score (nSPS) is 11.9. The van der Waals surface area contributed by atoms with Crippen molar-refractivity contribution in [3.05, 3.63) is 48.0 Å². The molecule has 0 spiro atoms. The Morgan fingerprint density at radius 3 is 2.58 bits per heavy atom. The predicted molar refractivity (Wildman–Crippen MR) is 72.5 cm³/mol. The van der Waals surface area contributed by atoms with Crippen LogP contribution in [0.15, 0.2) is 42.5 Å². The molecule has 0 N–H and O–H groups in total. The lowest BCUT2D eigenvalue weighted by Crippen LogP contribution is -2.13. The van der Waals surface area contributed by atoms with Gasteiger partial charge in [-0.1, -0.05) is 36.9 Å². The van der Waals surface area contributed by atoms with Gasteiger partial charge in [-0.15, -0.1) is 0 Å². The van der Waals surface area contributed by atoms with Crippen LogP contribution in [0.3, 0.4) is 0 Å². The highest BCUT2D eigenvalue weighted by Crippen LogP contribution is 2.24. The number of esters is 1. The van der Waals surface area contributed by atoms with Crippen molar-refractivity contribution in [1.82, 2.24) is 0 Å². The van der Waals surface area contributed by atoms with Crippen molar-refractivity contribution < 1.29 is 19.0 Å². The summed E-state index contributed by atoms with van der Waals surface area (Å²) >= 11 is 0. The van der Waals surface area contributed by atoms with Gasteiger partial charge in [-0.25, -0.2) is 4.79 Å². The maximum absolute atomic E-state index is 11.6. The Morgan fingerprint density at radius 2 is 2.00 bits per heavy atom. The predicted octanol–water partition coefficient (Wildman–Crippen LogP) is 2.86. The van der Waals surface area contributed by atoms with E-state index >= 15 is 0 Å². The Bertz CT molecular complexity index is 400. The summed E-state index contributed by atoms with van der Waals surface area (Å²) in [4.78, 5) is 11.6. The Hall–Kier alpha value is -1.65. The molecule has 1 rings (SSSR count). The fourth-order valence-electron chi connectivity index (χ4n) is 1.63. The Morgan fingerprint density at radius 1 is 1.32 bits per heavy atom. The van der Waals surface area contributed by atoms with Crippen molar-refractivity contribution in [2.75, 3.05) is 20.5 Å². The maximum Gasteiger partial charge on any atom is 0.333 e. The molecule has 1 aromatic rings. The average Bonchev–Trinajstić information content (AvgIpc) is 2.44. The van der Waals surface area contributed by atoms with Gasteiger partial charge in [-0.2, -0.15) is 0 Å². The largest absolute Gasteiger partial charge is 0.463 e. The molecule has 19 heavy (non-hydrogen) atoms. The van der Waals surface area contributed by atoms with E-state index in [1.807, 2.05) is 30.3 Å². The second-order valence-corrected chi connectivity index (χ2v) is 4.00. The monoisotopic (exact) mass is 264 g/mol. The number of carbonyl (C=O) groups excluding carboxylic acids is 1. The van der Waals surface area contributed by atoms with Gasteiger partial charge in [-0.3, -0.25) is 0 Å². The topological polar surface area (TPSA) is 44.8 Å². The molecule has 0 aliphatic rings. The van der Waals surface area contributed by atoms with Crippen LogP contribution in [-0.2, 0) is 19.0 Å². The van der Waals surface area contributed by atoms with Crippen LogP contribution < -0.4 is 0 Å². The van der Waals surface area contributed by atoms with Gasteiger partial charge in [-0.05, 0) is 12.5 Å². The highest BCUT2D eigenvalue weighted by Gasteiger charge is 2.17. The summed E-state index contributed by atoms with van der Waals surface area (Å²) in [6, 6.07) is 9.66. The van der Waals surface area contributed by atoms with Crippen LogP contribution in [0.1, 0.15) is 25.0 Å². The summed E-state index contributed by atoms with van der Waals surface area (Å²) in [6.45, 7) is 6.02. The maximum atomic E-state index is 11.6. The minimum Gasteiger partial charge on any atom is -0.463 e. The standard InChI is InChI=1S/C15H20O4/c1-4-18-15(16)12(2)10-14(19-11-17-3)13-8-6-5-7-9-13/h5-9,14H,2,4,10-11H2,1,3H3/t14-/m1/s1. The van der Waals surface area contributed by atoms with Crippen LogP contribution in [0.25, 0.3) is 0 Å². The van der Waals surface area contributed by atoms with Gasteiger partial charge in [0.15, 0.2) is 0 Å². The van der Waals surface area contributed by atoms with E-state index in [-0.39, 0.29) is 18.9 Å². The van der Waals surface area contributed by atoms with E-state index in [2.05, 4.69) is 6.58 Å². The molecule has 1 atom stereocenters. The lowest BCUT2D eigenvalue weighted by atomic mass is 10.0. The van der Waals surface area contributed by atoms with Crippen molar-refractivity contribution in [1.29, 1.82) is 0 Å². The summed E-state index contributed by atoms with van der Waals surface area (Å²) in [5.41, 5.74) is 1.37. The van der Waals surface area contributed by atoms with E-state index in [4.69, 9.17) is 14.2 Å². The third-order valence-electron chi connectivity index (χ3n) is 2.55. The van der Waals surface area contributed by atoms with Crippen molar-refractivity contribution in [3.8, 4) is 0 Å². The molecule has 0 bridgehead atoms. The van der Waals surface area contributed by atoms with Gasteiger partial charge in [0.25, 0.3) is 0 Å². The molecule has 0 aromatic heterocycles. The fraction of sp³-hybridized carbons (Fsp3) is 0.400. The molecule has 0 fully saturated rings. The first-order valence-electron chi connectivity index (χ1n) is 6.19. The van der Waals surface area contributed by atoms with Crippen molar-refractivity contribution >= 4 is 5.97 Å². The van der Waals surface area contributed by atoms with E-state index in [9.17, 15) is 4.79 Å². The number of methoxy groups -OCH3 is 1. The number of hydrogen-bond donors (Lipinski definition) is 0. The number of ether oxygens (including phenoxy) is 3.